The summed E-state index contributed by atoms with van der Waals surface area (Å²) in [5, 5.41) is 9.26. The topological polar surface area (TPSA) is 50.2 Å². The van der Waals surface area contributed by atoms with Gasteiger partial charge in [-0.3, -0.25) is 4.79 Å². The van der Waals surface area contributed by atoms with Gasteiger partial charge in [-0.1, -0.05) is 53.7 Å². The maximum Gasteiger partial charge on any atom is 0.254 e. The molecule has 5 nitrogen and oxygen atoms in total. The predicted octanol–water partition coefficient (Wildman–Crippen LogP) is 6.31. The second-order valence-corrected chi connectivity index (χ2v) is 10.00. The summed E-state index contributed by atoms with van der Waals surface area (Å²) in [7, 11) is 0. The first-order valence-corrected chi connectivity index (χ1v) is 12.1. The minimum absolute atomic E-state index is 0.0787. The van der Waals surface area contributed by atoms with E-state index in [1.54, 1.807) is 16.9 Å². The lowest BCUT2D eigenvalue weighted by Crippen LogP contribution is -2.51. The molecule has 1 aromatic heterocycles. The zero-order valence-corrected chi connectivity index (χ0v) is 19.6. The number of hydrogen-bond acceptors (Lipinski definition) is 3. The van der Waals surface area contributed by atoms with Crippen LogP contribution in [0.5, 0.6) is 0 Å². The maximum absolute atomic E-state index is 14.1. The van der Waals surface area contributed by atoms with E-state index in [-0.39, 0.29) is 5.91 Å². The number of allylic oxidation sites excluding steroid dienone is 1. The fraction of sp³-hybridized carbons (Fsp3) is 0.478. The van der Waals surface area contributed by atoms with E-state index in [1.165, 1.54) is 25.7 Å². The number of hydrogen-bond donors (Lipinski definition) is 1. The van der Waals surface area contributed by atoms with Crippen molar-refractivity contribution in [1.82, 2.24) is 14.7 Å². The number of piperidine rings is 1. The molecule has 2 fully saturated rings. The molecule has 1 saturated carbocycles. The molecule has 8 heteroatoms. The van der Waals surface area contributed by atoms with Crippen molar-refractivity contribution in [1.29, 1.82) is 0 Å². The summed E-state index contributed by atoms with van der Waals surface area (Å²) >= 11 is 18.9. The molecule has 3 aliphatic rings. The largest absolute Gasteiger partial charge is 0.342 e. The molecule has 0 bridgehead atoms. The van der Waals surface area contributed by atoms with Gasteiger partial charge < -0.3 is 10.2 Å². The van der Waals surface area contributed by atoms with Gasteiger partial charge in [0.1, 0.15) is 16.9 Å². The van der Waals surface area contributed by atoms with E-state index in [9.17, 15) is 4.79 Å². The van der Waals surface area contributed by atoms with Gasteiger partial charge in [0, 0.05) is 18.3 Å². The smallest absolute Gasteiger partial charge is 0.254 e. The number of nitrogens with zero attached hydrogens (tertiary/aromatic N) is 3. The molecule has 2 aliphatic heterocycles. The minimum Gasteiger partial charge on any atom is -0.342 e. The molecular weight excluding hydrogens is 455 g/mol. The van der Waals surface area contributed by atoms with Crippen molar-refractivity contribution >= 4 is 46.5 Å². The quantitative estimate of drug-likeness (QED) is 0.549. The van der Waals surface area contributed by atoms with Crippen molar-refractivity contribution in [2.75, 3.05) is 11.9 Å². The highest BCUT2D eigenvalue weighted by Crippen LogP contribution is 2.43. The number of aromatic nitrogens is 2. The van der Waals surface area contributed by atoms with Crippen LogP contribution in [0.4, 0.5) is 5.82 Å². The molecule has 1 N–H and O–H groups in total. The summed E-state index contributed by atoms with van der Waals surface area (Å²) < 4.78 is 1.78. The number of carbonyl (C=O) groups is 1. The van der Waals surface area contributed by atoms with Crippen LogP contribution in [0.25, 0.3) is 0 Å². The highest BCUT2D eigenvalue weighted by atomic mass is 35.5. The lowest BCUT2D eigenvalue weighted by molar-refractivity contribution is -0.133. The average Bonchev–Trinajstić information content (AvgIpc) is 3.14. The fourth-order valence-corrected chi connectivity index (χ4v) is 6.01. The Bertz CT molecular complexity index is 1060. The van der Waals surface area contributed by atoms with Crippen LogP contribution >= 0.6 is 34.8 Å². The molecular formula is C23H25Cl3N4O. The van der Waals surface area contributed by atoms with Crippen LogP contribution in [0, 0.1) is 5.92 Å². The summed E-state index contributed by atoms with van der Waals surface area (Å²) in [6.07, 6.45) is 8.66. The van der Waals surface area contributed by atoms with E-state index in [1.807, 2.05) is 19.1 Å². The zero-order valence-electron chi connectivity index (χ0n) is 17.4. The lowest BCUT2D eigenvalue weighted by Gasteiger charge is -2.45. The second-order valence-electron chi connectivity index (χ2n) is 8.78. The molecule has 3 unspecified atom stereocenters. The minimum atomic E-state index is -0.421. The van der Waals surface area contributed by atoms with Crippen LogP contribution in [0.1, 0.15) is 57.1 Å². The Labute approximate surface area is 197 Å². The van der Waals surface area contributed by atoms with E-state index in [4.69, 9.17) is 34.8 Å². The van der Waals surface area contributed by atoms with Crippen LogP contribution in [-0.2, 0) is 4.79 Å². The predicted molar refractivity (Wildman–Crippen MR) is 125 cm³/mol. The third-order valence-electron chi connectivity index (χ3n) is 6.97. The van der Waals surface area contributed by atoms with Gasteiger partial charge in [-0.05, 0) is 56.2 Å². The third-order valence-corrected chi connectivity index (χ3v) is 7.99. The number of benzene rings is 1. The summed E-state index contributed by atoms with van der Waals surface area (Å²) in [6, 6.07) is 5.40. The van der Waals surface area contributed by atoms with Gasteiger partial charge in [0.05, 0.1) is 21.8 Å². The van der Waals surface area contributed by atoms with Crippen molar-refractivity contribution in [3.05, 3.63) is 56.3 Å². The van der Waals surface area contributed by atoms with Gasteiger partial charge in [0.25, 0.3) is 5.91 Å². The van der Waals surface area contributed by atoms with Gasteiger partial charge >= 0.3 is 0 Å². The van der Waals surface area contributed by atoms with E-state index < -0.39 is 6.04 Å². The Hall–Kier alpha value is -1.69. The van der Waals surface area contributed by atoms with Gasteiger partial charge in [-0.2, -0.15) is 5.10 Å². The summed E-state index contributed by atoms with van der Waals surface area (Å²) in [6.45, 7) is 2.74. The third kappa shape index (κ3) is 3.65. The molecule has 164 valence electrons. The molecule has 3 heterocycles. The van der Waals surface area contributed by atoms with Crippen molar-refractivity contribution in [2.45, 2.75) is 57.5 Å². The summed E-state index contributed by atoms with van der Waals surface area (Å²) in [5.41, 5.74) is 2.35. The highest BCUT2D eigenvalue weighted by Gasteiger charge is 2.41. The Morgan fingerprint density at radius 2 is 1.84 bits per heavy atom. The lowest BCUT2D eigenvalue weighted by atomic mass is 9.78. The Balaban J connectivity index is 1.59. The first-order valence-electron chi connectivity index (χ1n) is 10.9. The molecule has 1 aliphatic carbocycles. The summed E-state index contributed by atoms with van der Waals surface area (Å²) in [5.74, 6) is 1.37. The van der Waals surface area contributed by atoms with Gasteiger partial charge in [0.15, 0.2) is 0 Å². The number of carbonyl (C=O) groups excluding carboxylic acids is 1. The number of anilines is 1. The average molecular weight is 480 g/mol. The van der Waals surface area contributed by atoms with Crippen molar-refractivity contribution in [3.63, 3.8) is 0 Å². The zero-order chi connectivity index (χ0) is 21.7. The molecule has 5 rings (SSSR count). The number of halogens is 3. The molecule has 1 saturated heterocycles. The van der Waals surface area contributed by atoms with Gasteiger partial charge in [-0.15, -0.1) is 0 Å². The van der Waals surface area contributed by atoms with Crippen LogP contribution in [0.3, 0.4) is 0 Å². The van der Waals surface area contributed by atoms with Crippen LogP contribution in [0.15, 0.2) is 35.7 Å². The molecule has 3 atom stereocenters. The number of likely N-dealkylation sites (tertiary alicyclic amines) is 1. The first kappa shape index (κ1) is 21.2. The van der Waals surface area contributed by atoms with Crippen LogP contribution in [-0.4, -0.2) is 33.2 Å². The Morgan fingerprint density at radius 1 is 1.06 bits per heavy atom. The SMILES string of the molecule is CC1=C(C(=O)N2CCCC3CCCCC32)C(c2ccc(Cl)c(Cl)c2)n2ncc(Cl)c2N1. The second kappa shape index (κ2) is 8.34. The van der Waals surface area contributed by atoms with Crippen molar-refractivity contribution in [2.24, 2.45) is 5.92 Å². The van der Waals surface area contributed by atoms with E-state index in [0.29, 0.717) is 38.4 Å². The number of rotatable bonds is 2. The Morgan fingerprint density at radius 3 is 2.65 bits per heavy atom. The standard InChI is InChI=1S/C23H25Cl3N4O/c1-13-20(23(31)29-10-4-6-14-5-2-3-7-19(14)29)21(15-8-9-16(24)17(25)11-15)30-22(28-13)18(26)12-27-30/h8-9,11-12,14,19,21,28H,2-7,10H2,1H3. The molecule has 1 amide bonds. The molecule has 0 spiro atoms. The molecule has 2 aromatic rings. The van der Waals surface area contributed by atoms with Crippen LogP contribution in [0.2, 0.25) is 15.1 Å². The van der Waals surface area contributed by atoms with Crippen LogP contribution < -0.4 is 5.32 Å². The van der Waals surface area contributed by atoms with Crippen molar-refractivity contribution < 1.29 is 4.79 Å². The number of amides is 1. The van der Waals surface area contributed by atoms with E-state index >= 15 is 0 Å². The number of fused-ring (bicyclic) bond motifs is 2. The Kier molecular flexibility index (Phi) is 5.70. The van der Waals surface area contributed by atoms with Crippen molar-refractivity contribution in [3.8, 4) is 0 Å². The summed E-state index contributed by atoms with van der Waals surface area (Å²) in [4.78, 5) is 16.2. The monoisotopic (exact) mass is 478 g/mol. The number of nitrogens with one attached hydrogen (secondary N) is 1. The van der Waals surface area contributed by atoms with Gasteiger partial charge in [-0.25, -0.2) is 4.68 Å². The van der Waals surface area contributed by atoms with E-state index in [0.717, 1.165) is 30.6 Å². The van der Waals surface area contributed by atoms with E-state index in [2.05, 4.69) is 15.3 Å². The molecule has 0 radical (unpaired) electrons. The highest BCUT2D eigenvalue weighted by molar-refractivity contribution is 6.42. The fourth-order valence-electron chi connectivity index (χ4n) is 5.53. The normalized spacial score (nSPS) is 25.7. The first-order chi connectivity index (χ1) is 15.0. The molecule has 31 heavy (non-hydrogen) atoms. The maximum atomic E-state index is 14.1. The van der Waals surface area contributed by atoms with Gasteiger partial charge in [0.2, 0.25) is 0 Å². The molecule has 1 aromatic carbocycles.